The van der Waals surface area contributed by atoms with Crippen LogP contribution in [0.4, 0.5) is 0 Å². The molecule has 3 heteroatoms. The smallest absolute Gasteiger partial charge is 0.117 e. The highest BCUT2D eigenvalue weighted by Gasteiger charge is 2.01. The van der Waals surface area contributed by atoms with E-state index in [0.29, 0.717) is 0 Å². The Morgan fingerprint density at radius 1 is 1.24 bits per heavy atom. The second-order valence-corrected chi connectivity index (χ2v) is 4.63. The molecule has 0 unspecified atom stereocenters. The van der Waals surface area contributed by atoms with Gasteiger partial charge < -0.3 is 9.73 Å². The topological polar surface area (TPSA) is 28.4 Å². The third kappa shape index (κ3) is 7.18. The molecule has 1 rings (SSSR count). The van der Waals surface area contributed by atoms with Crippen molar-refractivity contribution < 1.29 is 4.42 Å². The normalized spacial score (nSPS) is 11.2. The minimum Gasteiger partial charge on any atom is -0.468 e. The first-order chi connectivity index (χ1) is 8.33. The molecule has 0 spiro atoms. The van der Waals surface area contributed by atoms with Crippen molar-refractivity contribution in [3.8, 4) is 0 Å². The zero-order valence-corrected chi connectivity index (χ0v) is 11.2. The largest absolute Gasteiger partial charge is 0.468 e. The molecule has 0 saturated carbocycles. The van der Waals surface area contributed by atoms with Crippen LogP contribution in [0, 0.1) is 0 Å². The quantitative estimate of drug-likeness (QED) is 0.635. The molecule has 3 nitrogen and oxygen atoms in total. The molecule has 0 aromatic carbocycles. The van der Waals surface area contributed by atoms with Crippen molar-refractivity contribution in [3.63, 3.8) is 0 Å². The van der Waals surface area contributed by atoms with Gasteiger partial charge in [0.15, 0.2) is 0 Å². The summed E-state index contributed by atoms with van der Waals surface area (Å²) in [6, 6.07) is 3.98. The molecule has 0 atom stereocenters. The minimum atomic E-state index is 0.918. The molecule has 0 bridgehead atoms. The first-order valence-electron chi connectivity index (χ1n) is 6.74. The molecule has 1 N–H and O–H groups in total. The van der Waals surface area contributed by atoms with Gasteiger partial charge in [-0.05, 0) is 58.1 Å². The maximum atomic E-state index is 5.32. The van der Waals surface area contributed by atoms with Gasteiger partial charge >= 0.3 is 0 Å². The van der Waals surface area contributed by atoms with Crippen LogP contribution in [-0.4, -0.2) is 31.6 Å². The predicted octanol–water partition coefficient (Wildman–Crippen LogP) is 2.88. The summed E-state index contributed by atoms with van der Waals surface area (Å²) < 4.78 is 5.32. The summed E-state index contributed by atoms with van der Waals surface area (Å²) in [6.07, 6.45) is 6.83. The van der Waals surface area contributed by atoms with Gasteiger partial charge in [-0.1, -0.05) is 13.3 Å². The summed E-state index contributed by atoms with van der Waals surface area (Å²) in [5.41, 5.74) is 0. The number of rotatable bonds is 10. The van der Waals surface area contributed by atoms with Gasteiger partial charge in [-0.3, -0.25) is 4.90 Å². The molecule has 0 aliphatic heterocycles. The Balaban J connectivity index is 1.92. The number of furan rings is 1. The number of nitrogens with zero attached hydrogens (tertiary/aromatic N) is 1. The predicted molar refractivity (Wildman–Crippen MR) is 72.1 cm³/mol. The Morgan fingerprint density at radius 3 is 2.82 bits per heavy atom. The molecule has 0 aliphatic carbocycles. The number of unbranched alkanes of at least 4 members (excludes halogenated alkanes) is 2. The number of hydrogen-bond donors (Lipinski definition) is 1. The first kappa shape index (κ1) is 14.3. The van der Waals surface area contributed by atoms with Crippen LogP contribution in [-0.2, 0) is 6.54 Å². The van der Waals surface area contributed by atoms with E-state index < -0.39 is 0 Å². The van der Waals surface area contributed by atoms with E-state index in [1.165, 1.54) is 25.7 Å². The Morgan fingerprint density at radius 2 is 2.12 bits per heavy atom. The molecule has 1 heterocycles. The van der Waals surface area contributed by atoms with E-state index in [1.807, 2.05) is 12.1 Å². The molecule has 17 heavy (non-hydrogen) atoms. The van der Waals surface area contributed by atoms with Gasteiger partial charge in [0.25, 0.3) is 0 Å². The molecule has 1 aromatic rings. The van der Waals surface area contributed by atoms with Crippen LogP contribution >= 0.6 is 0 Å². The summed E-state index contributed by atoms with van der Waals surface area (Å²) in [4.78, 5) is 2.32. The molecule has 98 valence electrons. The van der Waals surface area contributed by atoms with Gasteiger partial charge in [0.1, 0.15) is 5.76 Å². The lowest BCUT2D eigenvalue weighted by Gasteiger charge is -2.14. The Hall–Kier alpha value is -0.800. The molecular formula is C14H26N2O. The van der Waals surface area contributed by atoms with Gasteiger partial charge in [0.05, 0.1) is 12.8 Å². The molecule has 0 aliphatic rings. The molecule has 0 amide bonds. The van der Waals surface area contributed by atoms with E-state index in [9.17, 15) is 0 Å². The highest BCUT2D eigenvalue weighted by atomic mass is 16.3. The maximum Gasteiger partial charge on any atom is 0.117 e. The fourth-order valence-corrected chi connectivity index (χ4v) is 1.86. The highest BCUT2D eigenvalue weighted by Crippen LogP contribution is 2.05. The standard InChI is InChI=1S/C14H26N2O/c1-3-9-15-10-5-4-6-11-16(2)13-14-8-7-12-17-14/h7-8,12,15H,3-6,9-11,13H2,1-2H3. The maximum absolute atomic E-state index is 5.32. The van der Waals surface area contributed by atoms with E-state index in [0.717, 1.165) is 31.9 Å². The third-order valence-corrected chi connectivity index (χ3v) is 2.83. The Kier molecular flexibility index (Phi) is 7.76. The molecule has 1 aromatic heterocycles. The lowest BCUT2D eigenvalue weighted by Crippen LogP contribution is -2.19. The Bertz CT molecular complexity index is 259. The fraction of sp³-hybridized carbons (Fsp3) is 0.714. The molecule has 0 saturated heterocycles. The fourth-order valence-electron chi connectivity index (χ4n) is 1.86. The van der Waals surface area contributed by atoms with E-state index in [4.69, 9.17) is 4.42 Å². The van der Waals surface area contributed by atoms with Gasteiger partial charge in [-0.15, -0.1) is 0 Å². The van der Waals surface area contributed by atoms with Gasteiger partial charge in [-0.2, -0.15) is 0 Å². The molecular weight excluding hydrogens is 212 g/mol. The van der Waals surface area contributed by atoms with Crippen LogP contribution in [0.25, 0.3) is 0 Å². The van der Waals surface area contributed by atoms with Crippen LogP contribution in [0.2, 0.25) is 0 Å². The Labute approximate surface area is 105 Å². The molecule has 0 fully saturated rings. The second kappa shape index (κ2) is 9.25. The van der Waals surface area contributed by atoms with Crippen molar-refractivity contribution in [2.24, 2.45) is 0 Å². The van der Waals surface area contributed by atoms with Crippen LogP contribution in [0.3, 0.4) is 0 Å². The van der Waals surface area contributed by atoms with Crippen molar-refractivity contribution >= 4 is 0 Å². The lowest BCUT2D eigenvalue weighted by atomic mass is 10.2. The zero-order valence-electron chi connectivity index (χ0n) is 11.2. The number of nitrogens with one attached hydrogen (secondary N) is 1. The van der Waals surface area contributed by atoms with Crippen LogP contribution in [0.5, 0.6) is 0 Å². The summed E-state index contributed by atoms with van der Waals surface area (Å²) >= 11 is 0. The first-order valence-corrected chi connectivity index (χ1v) is 6.74. The van der Waals surface area contributed by atoms with Gasteiger partial charge in [-0.25, -0.2) is 0 Å². The summed E-state index contributed by atoms with van der Waals surface area (Å²) in [6.45, 7) is 6.58. The van der Waals surface area contributed by atoms with Gasteiger partial charge in [0.2, 0.25) is 0 Å². The highest BCUT2D eigenvalue weighted by molar-refractivity contribution is 4.97. The van der Waals surface area contributed by atoms with E-state index in [2.05, 4.69) is 24.2 Å². The van der Waals surface area contributed by atoms with Crippen molar-refractivity contribution in [2.45, 2.75) is 39.2 Å². The summed E-state index contributed by atoms with van der Waals surface area (Å²) in [5, 5.41) is 3.43. The van der Waals surface area contributed by atoms with Crippen molar-refractivity contribution in [1.82, 2.24) is 10.2 Å². The van der Waals surface area contributed by atoms with Crippen LogP contribution < -0.4 is 5.32 Å². The van der Waals surface area contributed by atoms with Crippen molar-refractivity contribution in [1.29, 1.82) is 0 Å². The third-order valence-electron chi connectivity index (χ3n) is 2.83. The molecule has 0 radical (unpaired) electrons. The average Bonchev–Trinajstić information content (AvgIpc) is 2.80. The van der Waals surface area contributed by atoms with Crippen LogP contribution in [0.1, 0.15) is 38.4 Å². The minimum absolute atomic E-state index is 0.918. The lowest BCUT2D eigenvalue weighted by molar-refractivity contribution is 0.288. The average molecular weight is 238 g/mol. The summed E-state index contributed by atoms with van der Waals surface area (Å²) in [7, 11) is 2.15. The second-order valence-electron chi connectivity index (χ2n) is 4.63. The number of hydrogen-bond acceptors (Lipinski definition) is 3. The SMILES string of the molecule is CCCNCCCCCN(C)Cc1ccco1. The van der Waals surface area contributed by atoms with Crippen molar-refractivity contribution in [3.05, 3.63) is 24.2 Å². The van der Waals surface area contributed by atoms with Crippen LogP contribution in [0.15, 0.2) is 22.8 Å². The van der Waals surface area contributed by atoms with E-state index in [1.54, 1.807) is 6.26 Å². The van der Waals surface area contributed by atoms with E-state index in [-0.39, 0.29) is 0 Å². The monoisotopic (exact) mass is 238 g/mol. The van der Waals surface area contributed by atoms with Crippen molar-refractivity contribution in [2.75, 3.05) is 26.7 Å². The summed E-state index contributed by atoms with van der Waals surface area (Å²) in [5.74, 6) is 1.05. The van der Waals surface area contributed by atoms with Gasteiger partial charge in [0, 0.05) is 0 Å². The zero-order chi connectivity index (χ0) is 12.3. The van der Waals surface area contributed by atoms with E-state index >= 15 is 0 Å².